The molecule has 4 rings (SSSR count). The quantitative estimate of drug-likeness (QED) is 0.728. The van der Waals surface area contributed by atoms with E-state index in [2.05, 4.69) is 26.8 Å². The van der Waals surface area contributed by atoms with E-state index in [1.165, 1.54) is 44.9 Å². The molecule has 0 aliphatic heterocycles. The van der Waals surface area contributed by atoms with E-state index in [1.807, 2.05) is 0 Å². The van der Waals surface area contributed by atoms with E-state index < -0.39 is 0 Å². The molecule has 0 aromatic heterocycles. The molecule has 0 spiro atoms. The maximum atomic E-state index is 10.1. The van der Waals surface area contributed by atoms with E-state index in [1.54, 1.807) is 5.57 Å². The number of allylic oxidation sites excluding steroid dienone is 1. The van der Waals surface area contributed by atoms with Gasteiger partial charge in [-0.2, -0.15) is 0 Å². The summed E-state index contributed by atoms with van der Waals surface area (Å²) in [4.78, 5) is 0. The Balaban J connectivity index is 1.58. The minimum absolute atomic E-state index is 0.184. The molecule has 7 atom stereocenters. The highest BCUT2D eigenvalue weighted by atomic mass is 16.5. The van der Waals surface area contributed by atoms with Gasteiger partial charge in [-0.3, -0.25) is 0 Å². The highest BCUT2D eigenvalue weighted by Gasteiger charge is 2.59. The first-order valence-corrected chi connectivity index (χ1v) is 10.5. The van der Waals surface area contributed by atoms with Gasteiger partial charge >= 0.3 is 0 Å². The van der Waals surface area contributed by atoms with Gasteiger partial charge in [0.05, 0.1) is 12.2 Å². The van der Waals surface area contributed by atoms with E-state index in [-0.39, 0.29) is 6.10 Å². The molecule has 2 heteroatoms. The highest BCUT2D eigenvalue weighted by molar-refractivity contribution is 5.25. The fraction of sp³-hybridized carbons (Fsp3) is 0.909. The number of fused-ring (bicyclic) bond motifs is 5. The van der Waals surface area contributed by atoms with Gasteiger partial charge in [-0.1, -0.05) is 32.4 Å². The predicted molar refractivity (Wildman–Crippen MR) is 97.7 cm³/mol. The number of aliphatic hydroxyl groups excluding tert-OH is 1. The fourth-order valence-electron chi connectivity index (χ4n) is 7.20. The van der Waals surface area contributed by atoms with Crippen LogP contribution >= 0.6 is 0 Å². The zero-order valence-corrected chi connectivity index (χ0v) is 15.9. The third-order valence-corrected chi connectivity index (χ3v) is 8.53. The molecular weight excluding hydrogens is 296 g/mol. The molecule has 0 unspecified atom stereocenters. The van der Waals surface area contributed by atoms with Crippen molar-refractivity contribution >= 4 is 0 Å². The highest BCUT2D eigenvalue weighted by Crippen LogP contribution is 2.65. The molecule has 0 radical (unpaired) electrons. The molecule has 4 aliphatic rings. The van der Waals surface area contributed by atoms with E-state index in [0.717, 1.165) is 37.2 Å². The third kappa shape index (κ3) is 2.43. The smallest absolute Gasteiger partial charge is 0.0724 e. The summed E-state index contributed by atoms with van der Waals surface area (Å²) in [6, 6.07) is 0. The predicted octanol–water partition coefficient (Wildman–Crippen LogP) is 5.11. The van der Waals surface area contributed by atoms with Crippen LogP contribution in [0.2, 0.25) is 0 Å². The van der Waals surface area contributed by atoms with Crippen LogP contribution in [-0.2, 0) is 4.74 Å². The Hall–Kier alpha value is -0.340. The maximum Gasteiger partial charge on any atom is 0.0724 e. The Bertz CT molecular complexity index is 512. The third-order valence-electron chi connectivity index (χ3n) is 8.53. The molecule has 4 aliphatic carbocycles. The first-order valence-electron chi connectivity index (χ1n) is 10.5. The van der Waals surface area contributed by atoms with Gasteiger partial charge in [0.1, 0.15) is 0 Å². The van der Waals surface area contributed by atoms with Gasteiger partial charge in [0, 0.05) is 6.61 Å². The average Bonchev–Trinajstić information content (AvgIpc) is 2.90. The molecule has 1 N–H and O–H groups in total. The van der Waals surface area contributed by atoms with Crippen LogP contribution in [0.5, 0.6) is 0 Å². The van der Waals surface area contributed by atoms with Crippen molar-refractivity contribution in [2.45, 2.75) is 90.8 Å². The van der Waals surface area contributed by atoms with Crippen LogP contribution in [0.3, 0.4) is 0 Å². The monoisotopic (exact) mass is 332 g/mol. The van der Waals surface area contributed by atoms with Gasteiger partial charge in [-0.15, -0.1) is 0 Å². The summed E-state index contributed by atoms with van der Waals surface area (Å²) in [5, 5.41) is 10.1. The molecular formula is C22H36O2. The van der Waals surface area contributed by atoms with Crippen LogP contribution < -0.4 is 0 Å². The maximum absolute atomic E-state index is 10.1. The number of hydrogen-bond acceptors (Lipinski definition) is 2. The zero-order valence-electron chi connectivity index (χ0n) is 15.9. The molecule has 2 nitrogen and oxygen atoms in total. The molecule has 0 bridgehead atoms. The van der Waals surface area contributed by atoms with Crippen LogP contribution in [0.1, 0.15) is 78.6 Å². The summed E-state index contributed by atoms with van der Waals surface area (Å²) in [7, 11) is 0. The summed E-state index contributed by atoms with van der Waals surface area (Å²) < 4.78 is 6.31. The number of hydrogen-bond donors (Lipinski definition) is 1. The summed E-state index contributed by atoms with van der Waals surface area (Å²) in [5.74, 6) is 2.59. The molecule has 136 valence electrons. The molecule has 0 aromatic rings. The SMILES string of the molecule is CCCO[C@H]1CC[C@@H]2[C@H]3CCC4=C[C@@H](O)CC[C@]4(C)[C@H]3CC[C@]12C. The summed E-state index contributed by atoms with van der Waals surface area (Å²) in [6.45, 7) is 8.21. The lowest BCUT2D eigenvalue weighted by Gasteiger charge is -2.58. The van der Waals surface area contributed by atoms with Gasteiger partial charge in [0.25, 0.3) is 0 Å². The van der Waals surface area contributed by atoms with Crippen molar-refractivity contribution in [3.05, 3.63) is 11.6 Å². The van der Waals surface area contributed by atoms with Crippen molar-refractivity contribution in [3.8, 4) is 0 Å². The topological polar surface area (TPSA) is 29.5 Å². The zero-order chi connectivity index (χ0) is 16.9. The first kappa shape index (κ1) is 17.1. The van der Waals surface area contributed by atoms with Crippen molar-refractivity contribution in [1.82, 2.24) is 0 Å². The van der Waals surface area contributed by atoms with Crippen molar-refractivity contribution in [1.29, 1.82) is 0 Å². The summed E-state index contributed by atoms with van der Waals surface area (Å²) in [5.41, 5.74) is 2.37. The van der Waals surface area contributed by atoms with Gasteiger partial charge in [0.15, 0.2) is 0 Å². The van der Waals surface area contributed by atoms with E-state index >= 15 is 0 Å². The standard InChI is InChI=1S/C22H36O2/c1-4-13-24-20-8-7-18-17-6-5-15-14-16(23)9-11-21(15,2)19(17)10-12-22(18,20)3/h14,16-20,23H,4-13H2,1-3H3/t16-,17+,18+,19-,20-,21-,22-/m0/s1. The van der Waals surface area contributed by atoms with Gasteiger partial charge in [0.2, 0.25) is 0 Å². The van der Waals surface area contributed by atoms with Gasteiger partial charge in [-0.25, -0.2) is 0 Å². The number of aliphatic hydroxyl groups is 1. The molecule has 0 heterocycles. The average molecular weight is 333 g/mol. The van der Waals surface area contributed by atoms with Crippen molar-refractivity contribution in [2.24, 2.45) is 28.6 Å². The minimum Gasteiger partial charge on any atom is -0.389 e. The van der Waals surface area contributed by atoms with Crippen molar-refractivity contribution < 1.29 is 9.84 Å². The van der Waals surface area contributed by atoms with Crippen LogP contribution in [0.25, 0.3) is 0 Å². The normalized spacial score (nSPS) is 50.7. The second-order valence-electron chi connectivity index (χ2n) is 9.61. The van der Waals surface area contributed by atoms with Crippen molar-refractivity contribution in [2.75, 3.05) is 6.61 Å². The molecule has 24 heavy (non-hydrogen) atoms. The fourth-order valence-corrected chi connectivity index (χ4v) is 7.20. The first-order chi connectivity index (χ1) is 11.5. The van der Waals surface area contributed by atoms with Crippen LogP contribution in [-0.4, -0.2) is 23.9 Å². The van der Waals surface area contributed by atoms with E-state index in [4.69, 9.17) is 4.74 Å². The molecule has 0 amide bonds. The van der Waals surface area contributed by atoms with Crippen LogP contribution in [0.4, 0.5) is 0 Å². The van der Waals surface area contributed by atoms with E-state index in [9.17, 15) is 5.11 Å². The lowest BCUT2D eigenvalue weighted by atomic mass is 9.47. The summed E-state index contributed by atoms with van der Waals surface area (Å²) >= 11 is 0. The van der Waals surface area contributed by atoms with Crippen LogP contribution in [0, 0.1) is 28.6 Å². The number of rotatable bonds is 3. The second-order valence-corrected chi connectivity index (χ2v) is 9.61. The minimum atomic E-state index is -0.184. The molecule has 3 saturated carbocycles. The lowest BCUT2D eigenvalue weighted by Crippen LogP contribution is -2.51. The van der Waals surface area contributed by atoms with Crippen molar-refractivity contribution in [3.63, 3.8) is 0 Å². The number of ether oxygens (including phenoxy) is 1. The van der Waals surface area contributed by atoms with E-state index in [0.29, 0.717) is 16.9 Å². The molecule has 0 aromatic carbocycles. The Kier molecular flexibility index (Phi) is 4.36. The Labute approximate surface area is 148 Å². The lowest BCUT2D eigenvalue weighted by molar-refractivity contribution is -0.0969. The summed E-state index contributed by atoms with van der Waals surface area (Å²) in [6.07, 6.45) is 13.8. The Morgan fingerprint density at radius 1 is 1.08 bits per heavy atom. The Morgan fingerprint density at radius 2 is 1.92 bits per heavy atom. The molecule has 3 fully saturated rings. The molecule has 0 saturated heterocycles. The largest absolute Gasteiger partial charge is 0.389 e. The van der Waals surface area contributed by atoms with Gasteiger partial charge < -0.3 is 9.84 Å². The second kappa shape index (κ2) is 6.13. The van der Waals surface area contributed by atoms with Gasteiger partial charge in [-0.05, 0) is 86.4 Å². The Morgan fingerprint density at radius 3 is 2.71 bits per heavy atom. The van der Waals surface area contributed by atoms with Crippen LogP contribution in [0.15, 0.2) is 11.6 Å².